The number of hydrogen-bond donors (Lipinski definition) is 3. The van der Waals surface area contributed by atoms with Gasteiger partial charge in [-0.15, -0.1) is 0 Å². The van der Waals surface area contributed by atoms with Crippen LogP contribution in [0.2, 0.25) is 0 Å². The number of methoxy groups -OCH3 is 2. The van der Waals surface area contributed by atoms with Crippen LogP contribution in [-0.2, 0) is 6.42 Å². The van der Waals surface area contributed by atoms with Crippen molar-refractivity contribution < 1.29 is 9.47 Å². The average Bonchev–Trinajstić information content (AvgIpc) is 3.17. The van der Waals surface area contributed by atoms with E-state index in [1.807, 2.05) is 30.3 Å². The molecule has 0 saturated heterocycles. The van der Waals surface area contributed by atoms with E-state index in [-0.39, 0.29) is 0 Å². The number of aromatic nitrogens is 3. The lowest BCUT2D eigenvalue weighted by Crippen LogP contribution is -2.07. The summed E-state index contributed by atoms with van der Waals surface area (Å²) in [6, 6.07) is 15.8. The van der Waals surface area contributed by atoms with E-state index < -0.39 is 0 Å². The van der Waals surface area contributed by atoms with Crippen LogP contribution in [0.25, 0.3) is 10.9 Å². The average molecular weight is 389 g/mol. The molecule has 148 valence electrons. The van der Waals surface area contributed by atoms with E-state index in [0.29, 0.717) is 11.6 Å². The maximum atomic E-state index is 5.43. The maximum Gasteiger partial charge on any atom is 0.146 e. The predicted octanol–water partition coefficient (Wildman–Crippen LogP) is 4.37. The van der Waals surface area contributed by atoms with Crippen molar-refractivity contribution in [3.63, 3.8) is 0 Å². The quantitative estimate of drug-likeness (QED) is 0.415. The van der Waals surface area contributed by atoms with Crippen LogP contribution in [0.3, 0.4) is 0 Å². The fraction of sp³-hybridized carbons (Fsp3) is 0.182. The van der Waals surface area contributed by atoms with E-state index >= 15 is 0 Å². The zero-order chi connectivity index (χ0) is 20.1. The van der Waals surface area contributed by atoms with Crippen LogP contribution in [-0.4, -0.2) is 35.7 Å². The second-order valence-corrected chi connectivity index (χ2v) is 6.52. The first-order valence-electron chi connectivity index (χ1n) is 9.37. The van der Waals surface area contributed by atoms with Crippen molar-refractivity contribution in [1.82, 2.24) is 15.0 Å². The fourth-order valence-corrected chi connectivity index (χ4v) is 3.23. The number of rotatable bonds is 8. The van der Waals surface area contributed by atoms with Crippen LogP contribution in [0.1, 0.15) is 5.56 Å². The van der Waals surface area contributed by atoms with Crippen LogP contribution >= 0.6 is 0 Å². The molecule has 0 radical (unpaired) electrons. The van der Waals surface area contributed by atoms with Crippen molar-refractivity contribution in [2.75, 3.05) is 31.4 Å². The normalized spacial score (nSPS) is 10.7. The van der Waals surface area contributed by atoms with E-state index in [1.54, 1.807) is 14.2 Å². The molecule has 2 heterocycles. The van der Waals surface area contributed by atoms with Gasteiger partial charge in [0.05, 0.1) is 19.9 Å². The molecular formula is C22H23N5O2. The molecule has 0 unspecified atom stereocenters. The van der Waals surface area contributed by atoms with Crippen LogP contribution < -0.4 is 20.1 Å². The minimum absolute atomic E-state index is 0.678. The van der Waals surface area contributed by atoms with Gasteiger partial charge in [-0.25, -0.2) is 9.97 Å². The second kappa shape index (κ2) is 8.52. The molecule has 7 heteroatoms. The third-order valence-corrected chi connectivity index (χ3v) is 4.71. The van der Waals surface area contributed by atoms with Gasteiger partial charge in [0, 0.05) is 35.8 Å². The molecule has 3 N–H and O–H groups in total. The summed E-state index contributed by atoms with van der Waals surface area (Å²) in [6.45, 7) is 0.768. The molecule has 0 amide bonds. The zero-order valence-corrected chi connectivity index (χ0v) is 16.4. The molecule has 29 heavy (non-hydrogen) atoms. The lowest BCUT2D eigenvalue weighted by molar-refractivity contribution is 0.395. The van der Waals surface area contributed by atoms with Crippen LogP contribution in [0.15, 0.2) is 61.1 Å². The smallest absolute Gasteiger partial charge is 0.146 e. The van der Waals surface area contributed by atoms with Crippen LogP contribution in [0.4, 0.5) is 17.3 Å². The Morgan fingerprint density at radius 1 is 0.966 bits per heavy atom. The van der Waals surface area contributed by atoms with Gasteiger partial charge in [0.2, 0.25) is 0 Å². The minimum atomic E-state index is 0.678. The first kappa shape index (κ1) is 18.6. The number of benzene rings is 2. The van der Waals surface area contributed by atoms with E-state index in [4.69, 9.17) is 9.47 Å². The van der Waals surface area contributed by atoms with Gasteiger partial charge in [-0.1, -0.05) is 18.2 Å². The summed E-state index contributed by atoms with van der Waals surface area (Å²) in [6.07, 6.45) is 4.49. The largest absolute Gasteiger partial charge is 0.497 e. The maximum absolute atomic E-state index is 5.43. The summed E-state index contributed by atoms with van der Waals surface area (Å²) in [5, 5.41) is 7.89. The molecule has 0 atom stereocenters. The van der Waals surface area contributed by atoms with E-state index in [1.165, 1.54) is 17.3 Å². The van der Waals surface area contributed by atoms with Gasteiger partial charge < -0.3 is 25.1 Å². The van der Waals surface area contributed by atoms with Crippen molar-refractivity contribution >= 4 is 28.2 Å². The fourth-order valence-electron chi connectivity index (χ4n) is 3.23. The van der Waals surface area contributed by atoms with Gasteiger partial charge >= 0.3 is 0 Å². The highest BCUT2D eigenvalue weighted by Crippen LogP contribution is 2.31. The number of aromatic amines is 1. The van der Waals surface area contributed by atoms with Crippen LogP contribution in [0, 0.1) is 0 Å². The van der Waals surface area contributed by atoms with Crippen molar-refractivity contribution in [3.8, 4) is 11.5 Å². The molecule has 4 rings (SSSR count). The molecule has 0 aliphatic rings. The van der Waals surface area contributed by atoms with Crippen LogP contribution in [0.5, 0.6) is 11.5 Å². The molecular weight excluding hydrogens is 366 g/mol. The molecule has 0 bridgehead atoms. The number of hydrogen-bond acceptors (Lipinski definition) is 6. The lowest BCUT2D eigenvalue weighted by atomic mass is 10.1. The molecule has 0 spiro atoms. The third kappa shape index (κ3) is 4.24. The number of anilines is 3. The SMILES string of the molecule is COc1ccc(Nc2cc(NCCc3c[nH]c4ccccc34)ncn2)c(OC)c1. The summed E-state index contributed by atoms with van der Waals surface area (Å²) < 4.78 is 10.7. The summed E-state index contributed by atoms with van der Waals surface area (Å²) >= 11 is 0. The molecule has 0 fully saturated rings. The summed E-state index contributed by atoms with van der Waals surface area (Å²) in [4.78, 5) is 11.9. The van der Waals surface area contributed by atoms with Gasteiger partial charge in [0.1, 0.15) is 29.5 Å². The first-order valence-corrected chi connectivity index (χ1v) is 9.37. The molecule has 0 aliphatic carbocycles. The lowest BCUT2D eigenvalue weighted by Gasteiger charge is -2.12. The highest BCUT2D eigenvalue weighted by molar-refractivity contribution is 5.83. The monoisotopic (exact) mass is 389 g/mol. The molecule has 2 aromatic carbocycles. The Bertz CT molecular complexity index is 1110. The number of fused-ring (bicyclic) bond motifs is 1. The Morgan fingerprint density at radius 2 is 1.83 bits per heavy atom. The number of ether oxygens (including phenoxy) is 2. The molecule has 4 aromatic rings. The number of para-hydroxylation sites is 1. The van der Waals surface area contributed by atoms with Gasteiger partial charge in [0.15, 0.2) is 0 Å². The van der Waals surface area contributed by atoms with Gasteiger partial charge in [-0.05, 0) is 30.2 Å². The third-order valence-electron chi connectivity index (χ3n) is 4.71. The highest BCUT2D eigenvalue weighted by atomic mass is 16.5. The van der Waals surface area contributed by atoms with Crippen molar-refractivity contribution in [3.05, 3.63) is 66.6 Å². The Hall–Kier alpha value is -3.74. The number of H-pyrrole nitrogens is 1. The summed E-state index contributed by atoms with van der Waals surface area (Å²) in [5.41, 5.74) is 3.24. The Morgan fingerprint density at radius 3 is 2.69 bits per heavy atom. The molecule has 0 aliphatic heterocycles. The molecule has 0 saturated carbocycles. The number of nitrogens with zero attached hydrogens (tertiary/aromatic N) is 2. The standard InChI is InChI=1S/C22H23N5O2/c1-28-16-7-8-19(20(11-16)29-2)27-22-12-21(25-14-26-22)23-10-9-15-13-24-18-6-4-3-5-17(15)18/h3-8,11-14,24H,9-10H2,1-2H3,(H2,23,25,26,27). The van der Waals surface area contributed by atoms with Crippen molar-refractivity contribution in [1.29, 1.82) is 0 Å². The highest BCUT2D eigenvalue weighted by Gasteiger charge is 2.07. The van der Waals surface area contributed by atoms with Crippen molar-refractivity contribution in [2.45, 2.75) is 6.42 Å². The van der Waals surface area contributed by atoms with E-state index in [9.17, 15) is 0 Å². The Balaban J connectivity index is 1.41. The Labute approximate surface area is 169 Å². The molecule has 2 aromatic heterocycles. The van der Waals surface area contributed by atoms with Crippen molar-refractivity contribution in [2.24, 2.45) is 0 Å². The predicted molar refractivity (Wildman–Crippen MR) is 115 cm³/mol. The van der Waals surface area contributed by atoms with E-state index in [2.05, 4.69) is 50.0 Å². The first-order chi connectivity index (χ1) is 14.3. The topological polar surface area (TPSA) is 84.1 Å². The van der Waals surface area contributed by atoms with Gasteiger partial charge in [0.25, 0.3) is 0 Å². The second-order valence-electron chi connectivity index (χ2n) is 6.52. The molecule has 7 nitrogen and oxygen atoms in total. The minimum Gasteiger partial charge on any atom is -0.497 e. The van der Waals surface area contributed by atoms with Gasteiger partial charge in [-0.2, -0.15) is 0 Å². The zero-order valence-electron chi connectivity index (χ0n) is 16.4. The summed E-state index contributed by atoms with van der Waals surface area (Å²) in [7, 11) is 3.25. The van der Waals surface area contributed by atoms with E-state index in [0.717, 1.165) is 35.7 Å². The Kier molecular flexibility index (Phi) is 5.47. The summed E-state index contributed by atoms with van der Waals surface area (Å²) in [5.74, 6) is 2.85. The van der Waals surface area contributed by atoms with Gasteiger partial charge in [-0.3, -0.25) is 0 Å². The number of nitrogens with one attached hydrogen (secondary N) is 3.